The zero-order valence-electron chi connectivity index (χ0n) is 9.70. The van der Waals surface area contributed by atoms with Gasteiger partial charge in [0.15, 0.2) is 11.7 Å². The van der Waals surface area contributed by atoms with E-state index >= 15 is 0 Å². The van der Waals surface area contributed by atoms with Crippen molar-refractivity contribution in [2.75, 3.05) is 19.7 Å². The lowest BCUT2D eigenvalue weighted by atomic mass is 9.99. The zero-order chi connectivity index (χ0) is 12.3. The van der Waals surface area contributed by atoms with Crippen LogP contribution in [0, 0.1) is 0 Å². The number of rotatable bonds is 2. The Hall–Kier alpha value is -1.17. The molecule has 5 nitrogen and oxygen atoms in total. The van der Waals surface area contributed by atoms with E-state index in [9.17, 15) is 9.59 Å². The lowest BCUT2D eigenvalue weighted by molar-refractivity contribution is -0.150. The van der Waals surface area contributed by atoms with E-state index in [4.69, 9.17) is 17.0 Å². The van der Waals surface area contributed by atoms with E-state index in [1.165, 1.54) is 4.90 Å². The molecule has 1 aliphatic heterocycles. The topological polar surface area (TPSA) is 58.6 Å². The summed E-state index contributed by atoms with van der Waals surface area (Å²) in [6.45, 7) is 5.90. The number of piperazine rings is 1. The van der Waals surface area contributed by atoms with E-state index in [-0.39, 0.29) is 18.4 Å². The van der Waals surface area contributed by atoms with Gasteiger partial charge in [0.05, 0.1) is 0 Å². The first-order valence-corrected chi connectivity index (χ1v) is 5.48. The molecule has 1 saturated heterocycles. The van der Waals surface area contributed by atoms with Crippen LogP contribution in [0.25, 0.3) is 0 Å². The summed E-state index contributed by atoms with van der Waals surface area (Å²) in [5.74, 6) is -0.366. The number of thiocarbonyl (C=S) groups is 1. The molecule has 0 aromatic heterocycles. The normalized spacial score (nSPS) is 18.9. The fourth-order valence-corrected chi connectivity index (χ4v) is 1.64. The van der Waals surface area contributed by atoms with Crippen LogP contribution in [0.2, 0.25) is 0 Å². The van der Waals surface area contributed by atoms with Crippen LogP contribution in [-0.2, 0) is 14.3 Å². The molecule has 0 spiro atoms. The van der Waals surface area contributed by atoms with E-state index in [2.05, 4.69) is 5.32 Å². The monoisotopic (exact) mass is 244 g/mol. The van der Waals surface area contributed by atoms with Gasteiger partial charge in [0.2, 0.25) is 5.91 Å². The predicted molar refractivity (Wildman–Crippen MR) is 63.0 cm³/mol. The van der Waals surface area contributed by atoms with Crippen molar-refractivity contribution in [1.29, 1.82) is 0 Å². The zero-order valence-corrected chi connectivity index (χ0v) is 10.5. The Morgan fingerprint density at radius 3 is 2.81 bits per heavy atom. The number of amides is 2. The van der Waals surface area contributed by atoms with Crippen LogP contribution in [0.4, 0.5) is 0 Å². The molecule has 0 saturated carbocycles. The van der Waals surface area contributed by atoms with Gasteiger partial charge in [-0.25, -0.2) is 0 Å². The average molecular weight is 244 g/mol. The first-order chi connectivity index (χ1) is 7.35. The predicted octanol–water partition coefficient (Wildman–Crippen LogP) is 0.0873. The quantitative estimate of drug-likeness (QED) is 0.699. The van der Waals surface area contributed by atoms with Gasteiger partial charge in [-0.2, -0.15) is 0 Å². The van der Waals surface area contributed by atoms with Gasteiger partial charge in [-0.15, -0.1) is 0 Å². The number of ether oxygens (including phenoxy) is 1. The molecule has 2 amide bonds. The van der Waals surface area contributed by atoms with Gasteiger partial charge < -0.3 is 15.0 Å². The molecule has 0 aliphatic carbocycles. The number of carbonyl (C=O) groups excluding carboxylic acids is 2. The van der Waals surface area contributed by atoms with Crippen LogP contribution in [-0.4, -0.2) is 47.0 Å². The standard InChI is InChI=1S/C10H16N2O3S/c1-7(16)15-6-8(13)12-5-4-11-9(14)10(12,2)3/h4-6H2,1-3H3,(H,11,14). The molecule has 0 unspecified atom stereocenters. The van der Waals surface area contributed by atoms with Crippen LogP contribution < -0.4 is 5.32 Å². The third-order valence-electron chi connectivity index (χ3n) is 2.55. The minimum Gasteiger partial charge on any atom is -0.478 e. The molecule has 1 fully saturated rings. The van der Waals surface area contributed by atoms with Gasteiger partial charge >= 0.3 is 0 Å². The number of carbonyl (C=O) groups is 2. The maximum Gasteiger partial charge on any atom is 0.261 e. The van der Waals surface area contributed by atoms with Crippen LogP contribution in [0.1, 0.15) is 20.8 Å². The summed E-state index contributed by atoms with van der Waals surface area (Å²) in [4.78, 5) is 24.9. The summed E-state index contributed by atoms with van der Waals surface area (Å²) in [6.07, 6.45) is 0. The van der Waals surface area contributed by atoms with Crippen molar-refractivity contribution in [1.82, 2.24) is 10.2 Å². The second-order valence-electron chi connectivity index (χ2n) is 4.14. The highest BCUT2D eigenvalue weighted by Gasteiger charge is 2.40. The fraction of sp³-hybridized carbons (Fsp3) is 0.700. The van der Waals surface area contributed by atoms with Gasteiger partial charge in [0.1, 0.15) is 5.54 Å². The Bertz CT molecular complexity index is 328. The molecule has 0 radical (unpaired) electrons. The van der Waals surface area contributed by atoms with Crippen LogP contribution in [0.15, 0.2) is 0 Å². The van der Waals surface area contributed by atoms with E-state index < -0.39 is 5.54 Å². The Morgan fingerprint density at radius 1 is 1.62 bits per heavy atom. The smallest absolute Gasteiger partial charge is 0.261 e. The van der Waals surface area contributed by atoms with E-state index in [1.807, 2.05) is 0 Å². The fourth-order valence-electron chi connectivity index (χ4n) is 1.58. The van der Waals surface area contributed by atoms with Crippen molar-refractivity contribution in [3.05, 3.63) is 0 Å². The molecule has 1 N–H and O–H groups in total. The molecule has 0 atom stereocenters. The van der Waals surface area contributed by atoms with Crippen molar-refractivity contribution in [3.63, 3.8) is 0 Å². The summed E-state index contributed by atoms with van der Waals surface area (Å²) < 4.78 is 4.99. The van der Waals surface area contributed by atoms with Gasteiger partial charge in [-0.05, 0) is 26.1 Å². The molecule has 1 heterocycles. The van der Waals surface area contributed by atoms with Crippen LogP contribution in [0.3, 0.4) is 0 Å². The first kappa shape index (κ1) is 12.9. The molecule has 0 aromatic rings. The highest BCUT2D eigenvalue weighted by Crippen LogP contribution is 2.17. The second kappa shape index (κ2) is 4.78. The molecule has 1 rings (SSSR count). The SMILES string of the molecule is CC(=S)OCC(=O)N1CCNC(=O)C1(C)C. The van der Waals surface area contributed by atoms with Crippen molar-refractivity contribution in [3.8, 4) is 0 Å². The Labute approximate surface area is 100 Å². The highest BCUT2D eigenvalue weighted by molar-refractivity contribution is 7.80. The first-order valence-electron chi connectivity index (χ1n) is 5.08. The van der Waals surface area contributed by atoms with Crippen molar-refractivity contribution in [2.24, 2.45) is 0 Å². The summed E-state index contributed by atoms with van der Waals surface area (Å²) in [5.41, 5.74) is -0.825. The van der Waals surface area contributed by atoms with E-state index in [0.29, 0.717) is 18.1 Å². The molecule has 90 valence electrons. The summed E-state index contributed by atoms with van der Waals surface area (Å²) in [7, 11) is 0. The number of nitrogens with one attached hydrogen (secondary N) is 1. The molecule has 1 aliphatic rings. The van der Waals surface area contributed by atoms with Crippen molar-refractivity contribution in [2.45, 2.75) is 26.3 Å². The van der Waals surface area contributed by atoms with Gasteiger partial charge in [0, 0.05) is 20.0 Å². The van der Waals surface area contributed by atoms with Crippen molar-refractivity contribution < 1.29 is 14.3 Å². The van der Waals surface area contributed by atoms with Crippen LogP contribution >= 0.6 is 12.2 Å². The third-order valence-corrected chi connectivity index (χ3v) is 2.67. The summed E-state index contributed by atoms with van der Waals surface area (Å²) in [5, 5.41) is 3.05. The van der Waals surface area contributed by atoms with Crippen LogP contribution in [0.5, 0.6) is 0 Å². The number of nitrogens with zero attached hydrogens (tertiary/aromatic N) is 1. The lowest BCUT2D eigenvalue weighted by Gasteiger charge is -2.41. The minimum absolute atomic E-state index is 0.105. The summed E-state index contributed by atoms with van der Waals surface area (Å²) >= 11 is 4.72. The second-order valence-corrected chi connectivity index (χ2v) is 4.72. The molecular weight excluding hydrogens is 228 g/mol. The maximum atomic E-state index is 11.8. The van der Waals surface area contributed by atoms with Crippen molar-refractivity contribution >= 4 is 29.1 Å². The summed E-state index contributed by atoms with van der Waals surface area (Å²) in [6, 6.07) is 0. The highest BCUT2D eigenvalue weighted by atomic mass is 32.1. The maximum absolute atomic E-state index is 11.8. The molecule has 16 heavy (non-hydrogen) atoms. The van der Waals surface area contributed by atoms with E-state index in [1.54, 1.807) is 20.8 Å². The molecule has 6 heteroatoms. The third kappa shape index (κ3) is 2.69. The van der Waals surface area contributed by atoms with Gasteiger partial charge in [-0.1, -0.05) is 0 Å². The van der Waals surface area contributed by atoms with Gasteiger partial charge in [0.25, 0.3) is 5.91 Å². The number of hydrogen-bond donors (Lipinski definition) is 1. The lowest BCUT2D eigenvalue weighted by Crippen LogP contribution is -2.64. The largest absolute Gasteiger partial charge is 0.478 e. The van der Waals surface area contributed by atoms with E-state index in [0.717, 1.165) is 0 Å². The Kier molecular flexibility index (Phi) is 3.85. The number of hydrogen-bond acceptors (Lipinski definition) is 4. The molecule has 0 bridgehead atoms. The minimum atomic E-state index is -0.825. The van der Waals surface area contributed by atoms with Gasteiger partial charge in [-0.3, -0.25) is 9.59 Å². The average Bonchev–Trinajstić information content (AvgIpc) is 2.18. The Balaban J connectivity index is 2.67. The molecule has 0 aromatic carbocycles. The Morgan fingerprint density at radius 2 is 2.25 bits per heavy atom. The molecular formula is C10H16N2O3S.